The highest BCUT2D eigenvalue weighted by Crippen LogP contribution is 2.42. The predicted octanol–water partition coefficient (Wildman–Crippen LogP) is 3.25. The molecule has 3 fully saturated rings. The number of rotatable bonds is 1. The molecular formula is C16H24N2O. The van der Waals surface area contributed by atoms with Crippen LogP contribution in [0.2, 0.25) is 0 Å². The first-order chi connectivity index (χ1) is 9.27. The van der Waals surface area contributed by atoms with E-state index in [1.54, 1.807) is 0 Å². The van der Waals surface area contributed by atoms with Crippen LogP contribution in [0.25, 0.3) is 0 Å². The average Bonchev–Trinajstić information content (AvgIpc) is 2.95. The van der Waals surface area contributed by atoms with Gasteiger partial charge in [-0.3, -0.25) is 4.79 Å². The number of carbonyl (C=O) groups is 1. The second kappa shape index (κ2) is 5.15. The second-order valence-electron chi connectivity index (χ2n) is 6.65. The van der Waals surface area contributed by atoms with Crippen molar-refractivity contribution >= 4 is 5.91 Å². The van der Waals surface area contributed by atoms with Crippen LogP contribution in [0, 0.1) is 22.7 Å². The van der Waals surface area contributed by atoms with E-state index < -0.39 is 5.41 Å². The van der Waals surface area contributed by atoms with E-state index in [4.69, 9.17) is 0 Å². The van der Waals surface area contributed by atoms with E-state index in [0.717, 1.165) is 51.0 Å². The summed E-state index contributed by atoms with van der Waals surface area (Å²) in [6.45, 7) is 0.892. The lowest BCUT2D eigenvalue weighted by Crippen LogP contribution is -2.52. The zero-order chi connectivity index (χ0) is 13.3. The van der Waals surface area contributed by atoms with Gasteiger partial charge in [0.1, 0.15) is 5.41 Å². The van der Waals surface area contributed by atoms with Gasteiger partial charge in [-0.1, -0.05) is 25.7 Å². The van der Waals surface area contributed by atoms with Gasteiger partial charge in [-0.25, -0.2) is 0 Å². The van der Waals surface area contributed by atoms with Crippen LogP contribution >= 0.6 is 0 Å². The Balaban J connectivity index is 1.80. The third kappa shape index (κ3) is 2.16. The topological polar surface area (TPSA) is 44.1 Å². The normalized spacial score (nSPS) is 33.5. The molecule has 104 valence electrons. The lowest BCUT2D eigenvalue weighted by molar-refractivity contribution is -0.145. The Morgan fingerprint density at radius 1 is 1.05 bits per heavy atom. The van der Waals surface area contributed by atoms with Crippen molar-refractivity contribution in [1.29, 1.82) is 5.26 Å². The largest absolute Gasteiger partial charge is 0.338 e. The molecule has 0 spiro atoms. The summed E-state index contributed by atoms with van der Waals surface area (Å²) in [7, 11) is 0. The minimum Gasteiger partial charge on any atom is -0.338 e. The summed E-state index contributed by atoms with van der Waals surface area (Å²) in [6.07, 6.45) is 11.0. The summed E-state index contributed by atoms with van der Waals surface area (Å²) in [5, 5.41) is 9.59. The number of nitrogens with zero attached hydrogens (tertiary/aromatic N) is 2. The van der Waals surface area contributed by atoms with Crippen LogP contribution in [-0.4, -0.2) is 23.4 Å². The molecule has 19 heavy (non-hydrogen) atoms. The molecule has 2 aliphatic carbocycles. The van der Waals surface area contributed by atoms with Crippen LogP contribution in [0.1, 0.15) is 64.2 Å². The number of fused-ring (bicyclic) bond motifs is 1. The molecule has 0 N–H and O–H groups in total. The van der Waals surface area contributed by atoms with Gasteiger partial charge >= 0.3 is 0 Å². The molecule has 3 aliphatic rings. The fourth-order valence-electron chi connectivity index (χ4n) is 4.51. The maximum atomic E-state index is 13.0. The number of hydrogen-bond acceptors (Lipinski definition) is 2. The van der Waals surface area contributed by atoms with Crippen molar-refractivity contribution in [1.82, 2.24) is 4.90 Å². The Bertz CT molecular complexity index is 392. The van der Waals surface area contributed by atoms with Crippen LogP contribution in [0.3, 0.4) is 0 Å². The number of amides is 1. The number of hydrogen-bond donors (Lipinski definition) is 0. The zero-order valence-electron chi connectivity index (χ0n) is 11.7. The third-order valence-corrected chi connectivity index (χ3v) is 5.58. The number of nitriles is 1. The molecule has 1 heterocycles. The van der Waals surface area contributed by atoms with E-state index in [1.165, 1.54) is 25.7 Å². The van der Waals surface area contributed by atoms with E-state index >= 15 is 0 Å². The van der Waals surface area contributed by atoms with Crippen molar-refractivity contribution in [3.8, 4) is 6.07 Å². The van der Waals surface area contributed by atoms with Gasteiger partial charge in [-0.05, 0) is 44.4 Å². The molecule has 0 aromatic heterocycles. The Hall–Kier alpha value is -1.04. The molecule has 3 nitrogen and oxygen atoms in total. The SMILES string of the molecule is N#CC1(C(=O)N2CCCC3CCCC32)CCCCC1. The van der Waals surface area contributed by atoms with Crippen molar-refractivity contribution in [2.24, 2.45) is 11.3 Å². The van der Waals surface area contributed by atoms with E-state index in [1.807, 2.05) is 0 Å². The van der Waals surface area contributed by atoms with E-state index in [9.17, 15) is 10.1 Å². The minimum atomic E-state index is -0.678. The summed E-state index contributed by atoms with van der Waals surface area (Å²) in [5.41, 5.74) is -0.678. The number of piperidine rings is 1. The number of likely N-dealkylation sites (tertiary alicyclic amines) is 1. The monoisotopic (exact) mass is 260 g/mol. The Morgan fingerprint density at radius 2 is 1.79 bits per heavy atom. The Morgan fingerprint density at radius 3 is 2.53 bits per heavy atom. The maximum Gasteiger partial charge on any atom is 0.243 e. The maximum absolute atomic E-state index is 13.0. The van der Waals surface area contributed by atoms with Gasteiger partial charge in [-0.2, -0.15) is 5.26 Å². The molecule has 2 unspecified atom stereocenters. The van der Waals surface area contributed by atoms with Gasteiger partial charge < -0.3 is 4.90 Å². The smallest absolute Gasteiger partial charge is 0.243 e. The molecule has 3 rings (SSSR count). The highest BCUT2D eigenvalue weighted by Gasteiger charge is 2.47. The van der Waals surface area contributed by atoms with Gasteiger partial charge in [0.25, 0.3) is 0 Å². The highest BCUT2D eigenvalue weighted by atomic mass is 16.2. The summed E-state index contributed by atoms with van der Waals surface area (Å²) in [6, 6.07) is 2.86. The fourth-order valence-corrected chi connectivity index (χ4v) is 4.51. The van der Waals surface area contributed by atoms with E-state index in [-0.39, 0.29) is 5.91 Å². The Labute approximate surface area is 116 Å². The molecule has 1 saturated heterocycles. The summed E-state index contributed by atoms with van der Waals surface area (Å²) < 4.78 is 0. The first kappa shape index (κ1) is 13.0. The number of carbonyl (C=O) groups excluding carboxylic acids is 1. The molecule has 0 aromatic rings. The first-order valence-electron chi connectivity index (χ1n) is 7.99. The molecule has 0 bridgehead atoms. The Kier molecular flexibility index (Phi) is 3.52. The molecule has 0 radical (unpaired) electrons. The van der Waals surface area contributed by atoms with Crippen molar-refractivity contribution in [2.45, 2.75) is 70.3 Å². The van der Waals surface area contributed by atoms with Crippen LogP contribution in [0.4, 0.5) is 0 Å². The van der Waals surface area contributed by atoms with Crippen molar-refractivity contribution in [3.05, 3.63) is 0 Å². The van der Waals surface area contributed by atoms with Crippen molar-refractivity contribution in [3.63, 3.8) is 0 Å². The van der Waals surface area contributed by atoms with Crippen LogP contribution in [0.15, 0.2) is 0 Å². The molecule has 2 saturated carbocycles. The summed E-state index contributed by atoms with van der Waals surface area (Å²) >= 11 is 0. The van der Waals surface area contributed by atoms with Gasteiger partial charge in [0.2, 0.25) is 5.91 Å². The van der Waals surface area contributed by atoms with Crippen molar-refractivity contribution in [2.75, 3.05) is 6.54 Å². The summed E-state index contributed by atoms with van der Waals surface area (Å²) in [4.78, 5) is 15.1. The zero-order valence-corrected chi connectivity index (χ0v) is 11.7. The van der Waals surface area contributed by atoms with Gasteiger partial charge in [0, 0.05) is 12.6 Å². The standard InChI is InChI=1S/C16H24N2O/c17-12-16(9-2-1-3-10-16)15(19)18-11-5-7-13-6-4-8-14(13)18/h13-14H,1-11H2. The van der Waals surface area contributed by atoms with Gasteiger partial charge in [0.15, 0.2) is 0 Å². The van der Waals surface area contributed by atoms with Gasteiger partial charge in [0.05, 0.1) is 6.07 Å². The third-order valence-electron chi connectivity index (χ3n) is 5.58. The second-order valence-corrected chi connectivity index (χ2v) is 6.65. The average molecular weight is 260 g/mol. The highest BCUT2D eigenvalue weighted by molar-refractivity contribution is 5.86. The molecule has 3 heteroatoms. The van der Waals surface area contributed by atoms with Crippen molar-refractivity contribution < 1.29 is 4.79 Å². The molecular weight excluding hydrogens is 236 g/mol. The van der Waals surface area contributed by atoms with E-state index in [0.29, 0.717) is 6.04 Å². The first-order valence-corrected chi connectivity index (χ1v) is 7.99. The molecule has 1 amide bonds. The van der Waals surface area contributed by atoms with Crippen LogP contribution in [-0.2, 0) is 4.79 Å². The lowest BCUT2D eigenvalue weighted by atomic mass is 9.73. The van der Waals surface area contributed by atoms with Crippen LogP contribution in [0.5, 0.6) is 0 Å². The lowest BCUT2D eigenvalue weighted by Gasteiger charge is -2.42. The molecule has 1 aliphatic heterocycles. The van der Waals surface area contributed by atoms with E-state index in [2.05, 4.69) is 11.0 Å². The quantitative estimate of drug-likeness (QED) is 0.726. The fraction of sp³-hybridized carbons (Fsp3) is 0.875. The summed E-state index contributed by atoms with van der Waals surface area (Å²) in [5.74, 6) is 0.892. The molecule has 2 atom stereocenters. The minimum absolute atomic E-state index is 0.173. The van der Waals surface area contributed by atoms with Crippen LogP contribution < -0.4 is 0 Å². The van der Waals surface area contributed by atoms with Gasteiger partial charge in [-0.15, -0.1) is 0 Å². The molecule has 0 aromatic carbocycles. The predicted molar refractivity (Wildman–Crippen MR) is 73.2 cm³/mol.